The van der Waals surface area contributed by atoms with Crippen LogP contribution in [-0.4, -0.2) is 111 Å². The molecule has 0 saturated carbocycles. The standard InChI is InChI=1S/C46H46ClN7O8S3Si/c1-4-52-22-23-53(42(58)41(52)57)44(61)50-37(28-14-8-5-9-15-28)39(56)48-27-46(2,3)66(30-16-10-6-11-17-30,31-18-12-7-13-19-31)62-51-40-32(38(43(59)60)54-35(55)25-36(54)65-40)26-63-45-49-33-24-29(47)20-21-34(33)64-45/h5-21,24,36-37,40,51H,4,22-23,25-27H2,1-3H3,(H,48,56)(H,50,61)(H,59,60)/t36-,37?,40?/m1/s1. The van der Waals surface area contributed by atoms with Gasteiger partial charge in [0, 0.05) is 47.6 Å². The number of halogens is 1. The average Bonchev–Trinajstić information content (AvgIpc) is 3.72. The first kappa shape index (κ1) is 47.0. The molecule has 4 aromatic carbocycles. The van der Waals surface area contributed by atoms with Gasteiger partial charge in [0.2, 0.25) is 11.8 Å². The summed E-state index contributed by atoms with van der Waals surface area (Å²) in [4.78, 5) is 88.3. The minimum absolute atomic E-state index is 0.0256. The number of likely N-dealkylation sites (N-methyl/N-ethyl adjacent to an activating group) is 1. The predicted octanol–water partition coefficient (Wildman–Crippen LogP) is 5.33. The van der Waals surface area contributed by atoms with Gasteiger partial charge in [0.15, 0.2) is 4.34 Å². The highest BCUT2D eigenvalue weighted by molar-refractivity contribution is 8.02. The quantitative estimate of drug-likeness (QED) is 0.0328. The van der Waals surface area contributed by atoms with Crippen LogP contribution in [0.1, 0.15) is 38.8 Å². The largest absolute Gasteiger partial charge is 0.477 e. The molecule has 3 aliphatic heterocycles. The van der Waals surface area contributed by atoms with E-state index in [1.54, 1.807) is 49.4 Å². The first-order valence-electron chi connectivity index (χ1n) is 21.1. The van der Waals surface area contributed by atoms with E-state index in [4.69, 9.17) is 21.1 Å². The van der Waals surface area contributed by atoms with Crippen molar-refractivity contribution < 1.29 is 38.4 Å². The molecule has 2 fully saturated rings. The van der Waals surface area contributed by atoms with Gasteiger partial charge in [0.1, 0.15) is 17.1 Å². The fraction of sp³-hybridized carbons (Fsp3) is 0.283. The Hall–Kier alpha value is -5.54. The Balaban J connectivity index is 1.11. The maximum atomic E-state index is 14.5. The van der Waals surface area contributed by atoms with Crippen LogP contribution in [-0.2, 0) is 28.5 Å². The lowest BCUT2D eigenvalue weighted by Gasteiger charge is -2.49. The number of carboxylic acids is 1. The van der Waals surface area contributed by atoms with Crippen molar-refractivity contribution in [2.24, 2.45) is 0 Å². The zero-order valence-corrected chi connectivity index (χ0v) is 40.3. The van der Waals surface area contributed by atoms with E-state index in [0.717, 1.165) is 25.5 Å². The molecule has 4 heterocycles. The summed E-state index contributed by atoms with van der Waals surface area (Å²) in [5.41, 5.74) is 4.88. The van der Waals surface area contributed by atoms with Gasteiger partial charge in [0.25, 0.3) is 8.32 Å². The van der Waals surface area contributed by atoms with Crippen molar-refractivity contribution in [1.29, 1.82) is 0 Å². The number of aliphatic carboxylic acids is 1. The van der Waals surface area contributed by atoms with Gasteiger partial charge in [-0.25, -0.2) is 14.6 Å². The Labute approximate surface area is 399 Å². The molecule has 5 aromatic rings. The Morgan fingerprint density at radius 2 is 1.59 bits per heavy atom. The predicted molar refractivity (Wildman–Crippen MR) is 258 cm³/mol. The number of hydrogen-bond donors (Lipinski definition) is 4. The number of imide groups is 1. The highest BCUT2D eigenvalue weighted by Gasteiger charge is 2.55. The third-order valence-corrected chi connectivity index (χ3v) is 20.5. The van der Waals surface area contributed by atoms with Crippen molar-refractivity contribution in [2.75, 3.05) is 31.9 Å². The van der Waals surface area contributed by atoms with Gasteiger partial charge in [-0.3, -0.25) is 29.0 Å². The number of aromatic nitrogens is 1. The Morgan fingerprint density at radius 3 is 2.21 bits per heavy atom. The molecule has 2 unspecified atom stereocenters. The summed E-state index contributed by atoms with van der Waals surface area (Å²) in [6, 6.07) is 31.3. The van der Waals surface area contributed by atoms with Gasteiger partial charge in [-0.2, -0.15) is 5.48 Å². The number of fused-ring (bicyclic) bond motifs is 2. The van der Waals surface area contributed by atoms with Gasteiger partial charge in [-0.1, -0.05) is 128 Å². The number of hydroxylamine groups is 1. The van der Waals surface area contributed by atoms with Gasteiger partial charge in [0.05, 0.1) is 22.0 Å². The van der Waals surface area contributed by atoms with Crippen LogP contribution in [0.5, 0.6) is 0 Å². The molecule has 2 saturated heterocycles. The van der Waals surface area contributed by atoms with E-state index in [0.29, 0.717) is 27.0 Å². The second kappa shape index (κ2) is 19.7. The molecule has 8 rings (SSSR count). The van der Waals surface area contributed by atoms with Gasteiger partial charge in [-0.05, 0) is 41.1 Å². The summed E-state index contributed by atoms with van der Waals surface area (Å²) in [6.45, 7) is 6.23. The monoisotopic (exact) mass is 983 g/mol. The molecule has 3 aliphatic rings. The van der Waals surface area contributed by atoms with Crippen molar-refractivity contribution in [3.8, 4) is 0 Å². The van der Waals surface area contributed by atoms with Crippen molar-refractivity contribution in [1.82, 2.24) is 35.8 Å². The fourth-order valence-corrected chi connectivity index (χ4v) is 16.6. The molecular weight excluding hydrogens is 938 g/mol. The van der Waals surface area contributed by atoms with E-state index in [9.17, 15) is 33.9 Å². The number of nitrogens with one attached hydrogen (secondary N) is 3. The summed E-state index contributed by atoms with van der Waals surface area (Å²) in [5.74, 6) is -3.66. The van der Waals surface area contributed by atoms with E-state index in [-0.39, 0.29) is 43.4 Å². The number of hydrogen-bond acceptors (Lipinski definition) is 12. The number of carbonyl (C=O) groups excluding carboxylic acids is 5. The number of amides is 6. The van der Waals surface area contributed by atoms with Crippen LogP contribution in [0, 0.1) is 0 Å². The van der Waals surface area contributed by atoms with Crippen LogP contribution in [0.3, 0.4) is 0 Å². The Morgan fingerprint density at radius 1 is 0.939 bits per heavy atom. The molecular formula is C46H46ClN7O8S3Si. The minimum Gasteiger partial charge on any atom is -0.477 e. The lowest BCUT2D eigenvalue weighted by Crippen LogP contribution is -2.71. The highest BCUT2D eigenvalue weighted by Crippen LogP contribution is 2.46. The highest BCUT2D eigenvalue weighted by atomic mass is 35.5. The first-order chi connectivity index (χ1) is 31.7. The lowest BCUT2D eigenvalue weighted by molar-refractivity contribution is -0.153. The molecule has 1 aromatic heterocycles. The number of rotatable bonds is 16. The maximum Gasteiger partial charge on any atom is 0.352 e. The third kappa shape index (κ3) is 9.25. The minimum atomic E-state index is -3.66. The van der Waals surface area contributed by atoms with Gasteiger partial charge < -0.3 is 25.2 Å². The van der Waals surface area contributed by atoms with Gasteiger partial charge in [-0.15, -0.1) is 23.1 Å². The first-order valence-corrected chi connectivity index (χ1v) is 26.2. The van der Waals surface area contributed by atoms with E-state index >= 15 is 0 Å². The zero-order valence-electron chi connectivity index (χ0n) is 36.1. The van der Waals surface area contributed by atoms with E-state index in [2.05, 4.69) is 16.1 Å². The second-order valence-electron chi connectivity index (χ2n) is 16.4. The smallest absolute Gasteiger partial charge is 0.352 e. The van der Waals surface area contributed by atoms with E-state index < -0.39 is 59.9 Å². The molecule has 0 radical (unpaired) electrons. The van der Waals surface area contributed by atoms with Crippen LogP contribution < -0.4 is 26.5 Å². The third-order valence-electron chi connectivity index (χ3n) is 11.9. The summed E-state index contributed by atoms with van der Waals surface area (Å²) >= 11 is 10.5. The normalized spacial score (nSPS) is 18.2. The average molecular weight is 985 g/mol. The lowest BCUT2D eigenvalue weighted by atomic mass is 10.1. The molecule has 20 heteroatoms. The van der Waals surface area contributed by atoms with E-state index in [1.807, 2.05) is 80.6 Å². The molecule has 15 nitrogen and oxygen atoms in total. The molecule has 0 spiro atoms. The Bertz CT molecular complexity index is 2670. The van der Waals surface area contributed by atoms with E-state index in [1.165, 1.54) is 44.7 Å². The van der Waals surface area contributed by atoms with Crippen molar-refractivity contribution >= 4 is 111 Å². The van der Waals surface area contributed by atoms with Crippen LogP contribution in [0.4, 0.5) is 4.79 Å². The van der Waals surface area contributed by atoms with Crippen molar-refractivity contribution in [3.05, 3.63) is 131 Å². The number of carboxylic acid groups (broad SMARTS) is 1. The molecule has 4 N–H and O–H groups in total. The summed E-state index contributed by atoms with van der Waals surface area (Å²) in [6.07, 6.45) is 0.161. The second-order valence-corrected chi connectivity index (χ2v) is 24.4. The van der Waals surface area contributed by atoms with Crippen molar-refractivity contribution in [3.63, 3.8) is 0 Å². The van der Waals surface area contributed by atoms with Crippen LogP contribution >= 0.6 is 46.5 Å². The number of β-lactam (4-membered cyclic amide) rings is 1. The summed E-state index contributed by atoms with van der Waals surface area (Å²) in [7, 11) is -3.66. The molecule has 6 amide bonds. The Kier molecular flexibility index (Phi) is 14.0. The number of nitrogens with zero attached hydrogens (tertiary/aromatic N) is 4. The number of thioether (sulfide) groups is 2. The van der Waals surface area contributed by atoms with Crippen LogP contribution in [0.15, 0.2) is 125 Å². The van der Waals surface area contributed by atoms with Crippen LogP contribution in [0.2, 0.25) is 10.1 Å². The summed E-state index contributed by atoms with van der Waals surface area (Å²) < 4.78 is 8.90. The summed E-state index contributed by atoms with van der Waals surface area (Å²) in [5, 5.41) is 16.7. The van der Waals surface area contributed by atoms with Crippen LogP contribution in [0.25, 0.3) is 10.2 Å². The number of urea groups is 1. The molecule has 0 aliphatic carbocycles. The number of piperazine rings is 1. The SMILES string of the molecule is CCN1CCN(C(=O)NC(C(=O)NCC(C)(C)[Si](ONC2S[C@@H]3CC(=O)N3C(C(=O)O)=C2CSc2nc3cc(Cl)ccc3s2)(c2ccccc2)c2ccccc2)c2ccccc2)C(=O)C1=O. The molecule has 66 heavy (non-hydrogen) atoms. The number of benzene rings is 4. The topological polar surface area (TPSA) is 191 Å². The number of thiazole rings is 1. The fourth-order valence-electron chi connectivity index (χ4n) is 8.39. The molecule has 342 valence electrons. The van der Waals surface area contributed by atoms with Gasteiger partial charge >= 0.3 is 23.8 Å². The molecule has 0 bridgehead atoms. The number of carbonyl (C=O) groups is 6. The maximum absolute atomic E-state index is 14.5. The molecule has 3 atom stereocenters. The van der Waals surface area contributed by atoms with Crippen molar-refractivity contribution in [2.45, 2.75) is 53.4 Å². The zero-order chi connectivity index (χ0) is 46.8.